The van der Waals surface area contributed by atoms with E-state index < -0.39 is 17.3 Å². The van der Waals surface area contributed by atoms with Crippen LogP contribution >= 0.6 is 0 Å². The zero-order valence-electron chi connectivity index (χ0n) is 8.35. The lowest BCUT2D eigenvalue weighted by molar-refractivity contribution is -0.111. The topological polar surface area (TPSA) is 83.8 Å². The second kappa shape index (κ2) is 3.37. The number of hydrogen-bond acceptors (Lipinski definition) is 5. The quantitative estimate of drug-likeness (QED) is 0.691. The molecule has 2 rings (SSSR count). The second-order valence-electron chi connectivity index (χ2n) is 3.29. The highest BCUT2D eigenvalue weighted by Gasteiger charge is 2.28. The van der Waals surface area contributed by atoms with E-state index in [0.717, 1.165) is 6.08 Å². The molecule has 0 bridgehead atoms. The first-order valence-electron chi connectivity index (χ1n) is 4.45. The van der Waals surface area contributed by atoms with Crippen molar-refractivity contribution < 1.29 is 24.5 Å². The molecule has 0 aliphatic heterocycles. The molecule has 0 heterocycles. The number of aliphatic hydroxyl groups is 1. The third kappa shape index (κ3) is 1.33. The van der Waals surface area contributed by atoms with Crippen LogP contribution in [0.1, 0.15) is 15.9 Å². The number of carbonyl (C=O) groups is 2. The highest BCUT2D eigenvalue weighted by Crippen LogP contribution is 2.34. The van der Waals surface area contributed by atoms with Crippen molar-refractivity contribution in [2.45, 2.75) is 0 Å². The Morgan fingerprint density at radius 3 is 2.50 bits per heavy atom. The number of hydrogen-bond donors (Lipinski definition) is 2. The summed E-state index contributed by atoms with van der Waals surface area (Å²) < 4.78 is 4.86. The normalized spacial score (nSPS) is 14.4. The molecule has 82 valence electrons. The highest BCUT2D eigenvalue weighted by molar-refractivity contribution is 6.50. The minimum Gasteiger partial charge on any atom is -0.507 e. The SMILES string of the molecule is COc1cc(O)c2c(c1)C(=O)C(=O)C=C2O. The van der Waals surface area contributed by atoms with E-state index in [9.17, 15) is 19.8 Å². The van der Waals surface area contributed by atoms with Gasteiger partial charge >= 0.3 is 0 Å². The Balaban J connectivity index is 2.75. The van der Waals surface area contributed by atoms with Gasteiger partial charge in [0.25, 0.3) is 0 Å². The summed E-state index contributed by atoms with van der Waals surface area (Å²) in [5, 5.41) is 19.1. The van der Waals surface area contributed by atoms with Crippen molar-refractivity contribution in [3.05, 3.63) is 29.3 Å². The van der Waals surface area contributed by atoms with Crippen LogP contribution in [0.4, 0.5) is 0 Å². The Labute approximate surface area is 90.6 Å². The third-order valence-corrected chi connectivity index (χ3v) is 2.32. The summed E-state index contributed by atoms with van der Waals surface area (Å²) in [5.74, 6) is -2.07. The van der Waals surface area contributed by atoms with Crippen molar-refractivity contribution in [2.75, 3.05) is 7.11 Å². The van der Waals surface area contributed by atoms with Gasteiger partial charge in [0.05, 0.1) is 12.7 Å². The Hall–Kier alpha value is -2.30. The second-order valence-corrected chi connectivity index (χ2v) is 3.29. The van der Waals surface area contributed by atoms with Crippen LogP contribution in [0.2, 0.25) is 0 Å². The maximum atomic E-state index is 11.5. The molecule has 0 amide bonds. The molecule has 1 aliphatic rings. The van der Waals surface area contributed by atoms with Crippen LogP contribution in [0.25, 0.3) is 5.76 Å². The lowest BCUT2D eigenvalue weighted by Crippen LogP contribution is -2.18. The molecule has 16 heavy (non-hydrogen) atoms. The number of phenols is 1. The largest absolute Gasteiger partial charge is 0.507 e. The minimum atomic E-state index is -0.822. The van der Waals surface area contributed by atoms with Gasteiger partial charge in [-0.2, -0.15) is 0 Å². The van der Waals surface area contributed by atoms with Crippen LogP contribution in [-0.4, -0.2) is 28.9 Å². The van der Waals surface area contributed by atoms with Crippen molar-refractivity contribution in [3.63, 3.8) is 0 Å². The molecule has 0 spiro atoms. The maximum Gasteiger partial charge on any atom is 0.234 e. The van der Waals surface area contributed by atoms with Crippen molar-refractivity contribution in [1.82, 2.24) is 0 Å². The first-order valence-corrected chi connectivity index (χ1v) is 4.45. The van der Waals surface area contributed by atoms with Crippen molar-refractivity contribution in [3.8, 4) is 11.5 Å². The van der Waals surface area contributed by atoms with Crippen molar-refractivity contribution in [2.24, 2.45) is 0 Å². The van der Waals surface area contributed by atoms with E-state index in [-0.39, 0.29) is 22.6 Å². The van der Waals surface area contributed by atoms with E-state index in [1.807, 2.05) is 0 Å². The lowest BCUT2D eigenvalue weighted by Gasteiger charge is -2.14. The van der Waals surface area contributed by atoms with Crippen LogP contribution in [-0.2, 0) is 4.79 Å². The van der Waals surface area contributed by atoms with E-state index >= 15 is 0 Å². The van der Waals surface area contributed by atoms with Crippen molar-refractivity contribution in [1.29, 1.82) is 0 Å². The van der Waals surface area contributed by atoms with Crippen LogP contribution in [0.15, 0.2) is 18.2 Å². The standard InChI is InChI=1S/C11H8O5/c1-16-5-2-6-10(7(12)3-5)8(13)4-9(14)11(6)15/h2-4,12-13H,1H3. The van der Waals surface area contributed by atoms with Gasteiger partial charge in [-0.1, -0.05) is 0 Å². The van der Waals surface area contributed by atoms with Gasteiger partial charge in [0.15, 0.2) is 0 Å². The number of benzene rings is 1. The Morgan fingerprint density at radius 2 is 1.88 bits per heavy atom. The molecule has 2 N–H and O–H groups in total. The fraction of sp³-hybridized carbons (Fsp3) is 0.0909. The van der Waals surface area contributed by atoms with Gasteiger partial charge in [0.1, 0.15) is 17.3 Å². The number of allylic oxidation sites excluding steroid dienone is 1. The molecule has 5 heteroatoms. The Morgan fingerprint density at radius 1 is 1.19 bits per heavy atom. The average Bonchev–Trinajstić information content (AvgIpc) is 2.24. The van der Waals surface area contributed by atoms with Gasteiger partial charge < -0.3 is 14.9 Å². The Bertz CT molecular complexity index is 527. The molecule has 5 nitrogen and oxygen atoms in total. The zero-order chi connectivity index (χ0) is 11.9. The number of ketones is 2. The summed E-state index contributed by atoms with van der Waals surface area (Å²) in [7, 11) is 1.37. The van der Waals surface area contributed by atoms with Gasteiger partial charge in [0, 0.05) is 17.7 Å². The fourth-order valence-electron chi connectivity index (χ4n) is 1.56. The van der Waals surface area contributed by atoms with Crippen LogP contribution < -0.4 is 4.74 Å². The Kier molecular flexibility index (Phi) is 2.16. The van der Waals surface area contributed by atoms with Crippen LogP contribution in [0.3, 0.4) is 0 Å². The number of ether oxygens (including phenoxy) is 1. The summed E-state index contributed by atoms with van der Waals surface area (Å²) in [4.78, 5) is 22.7. The molecule has 0 saturated carbocycles. The molecule has 0 saturated heterocycles. The zero-order valence-corrected chi connectivity index (χ0v) is 8.35. The summed E-state index contributed by atoms with van der Waals surface area (Å²) in [5.41, 5.74) is -0.0905. The molecule has 0 unspecified atom stereocenters. The summed E-state index contributed by atoms with van der Waals surface area (Å²) in [6.45, 7) is 0. The molecular weight excluding hydrogens is 212 g/mol. The number of rotatable bonds is 1. The van der Waals surface area contributed by atoms with Gasteiger partial charge in [-0.3, -0.25) is 9.59 Å². The predicted octanol–water partition coefficient (Wildman–Crippen LogP) is 1.07. The number of phenolic OH excluding ortho intramolecular Hbond substituents is 1. The summed E-state index contributed by atoms with van der Waals surface area (Å²) in [6, 6.07) is 2.56. The predicted molar refractivity (Wildman–Crippen MR) is 54.6 cm³/mol. The lowest BCUT2D eigenvalue weighted by atomic mass is 9.93. The third-order valence-electron chi connectivity index (χ3n) is 2.32. The van der Waals surface area contributed by atoms with Gasteiger partial charge in [-0.05, 0) is 6.07 Å². The maximum absolute atomic E-state index is 11.5. The first-order chi connectivity index (χ1) is 7.54. The summed E-state index contributed by atoms with van der Waals surface area (Å²) >= 11 is 0. The number of aromatic hydroxyl groups is 1. The summed E-state index contributed by atoms with van der Waals surface area (Å²) in [6.07, 6.45) is 0.789. The number of fused-ring (bicyclic) bond motifs is 1. The average molecular weight is 220 g/mol. The van der Waals surface area contributed by atoms with Gasteiger partial charge in [-0.15, -0.1) is 0 Å². The smallest absolute Gasteiger partial charge is 0.234 e. The number of carbonyl (C=O) groups excluding carboxylic acids is 2. The van der Waals surface area contributed by atoms with E-state index in [2.05, 4.69) is 0 Å². The van der Waals surface area contributed by atoms with E-state index in [4.69, 9.17) is 4.74 Å². The molecule has 0 atom stereocenters. The molecule has 0 radical (unpaired) electrons. The molecule has 1 aliphatic carbocycles. The van der Waals surface area contributed by atoms with Gasteiger partial charge in [0.2, 0.25) is 11.6 Å². The molecular formula is C11H8O5. The molecule has 1 aromatic carbocycles. The van der Waals surface area contributed by atoms with E-state index in [1.165, 1.54) is 19.2 Å². The molecule has 0 fully saturated rings. The fourth-order valence-corrected chi connectivity index (χ4v) is 1.56. The number of Topliss-reactive ketones (excluding diaryl/α,β-unsaturated/α-hetero) is 1. The molecule has 0 aromatic heterocycles. The van der Waals surface area contributed by atoms with Crippen LogP contribution in [0.5, 0.6) is 11.5 Å². The van der Waals surface area contributed by atoms with E-state index in [0.29, 0.717) is 0 Å². The number of aliphatic hydroxyl groups excluding tert-OH is 1. The molecule has 1 aromatic rings. The first kappa shape index (κ1) is 10.2. The highest BCUT2D eigenvalue weighted by atomic mass is 16.5. The number of methoxy groups -OCH3 is 1. The van der Waals surface area contributed by atoms with E-state index in [1.54, 1.807) is 0 Å². The van der Waals surface area contributed by atoms with Gasteiger partial charge in [-0.25, -0.2) is 0 Å². The minimum absolute atomic E-state index is 0.0367. The monoisotopic (exact) mass is 220 g/mol. The van der Waals surface area contributed by atoms with Crippen molar-refractivity contribution >= 4 is 17.3 Å². The van der Waals surface area contributed by atoms with Crippen LogP contribution in [0, 0.1) is 0 Å².